The Kier molecular flexibility index (Phi) is 5.93. The minimum absolute atomic E-state index is 0.130. The molecular formula is C14H21Cl2NO. The maximum Gasteiger partial charge on any atom is 0.0649 e. The second kappa shape index (κ2) is 6.76. The fourth-order valence-electron chi connectivity index (χ4n) is 2.05. The fourth-order valence-corrected chi connectivity index (χ4v) is 2.73. The first kappa shape index (κ1) is 15.8. The third-order valence-electron chi connectivity index (χ3n) is 3.63. The first-order valence-corrected chi connectivity index (χ1v) is 6.97. The van der Waals surface area contributed by atoms with E-state index in [-0.39, 0.29) is 11.8 Å². The van der Waals surface area contributed by atoms with Gasteiger partial charge in [0.25, 0.3) is 0 Å². The van der Waals surface area contributed by atoms with Crippen LogP contribution in [0.1, 0.15) is 32.3 Å². The highest BCUT2D eigenvalue weighted by Crippen LogP contribution is 2.36. The van der Waals surface area contributed by atoms with E-state index in [1.165, 1.54) is 0 Å². The second-order valence-electron chi connectivity index (χ2n) is 5.07. The van der Waals surface area contributed by atoms with Gasteiger partial charge < -0.3 is 10.8 Å². The molecule has 3 N–H and O–H groups in total. The molecule has 0 aliphatic heterocycles. The van der Waals surface area contributed by atoms with Gasteiger partial charge in [-0.3, -0.25) is 0 Å². The van der Waals surface area contributed by atoms with Gasteiger partial charge in [0.05, 0.1) is 6.10 Å². The predicted octanol–water partition coefficient (Wildman–Crippen LogP) is 3.69. The Balaban J connectivity index is 3.10. The lowest BCUT2D eigenvalue weighted by Crippen LogP contribution is -2.33. The molecule has 0 aliphatic carbocycles. The van der Waals surface area contributed by atoms with Crippen LogP contribution in [-0.4, -0.2) is 17.8 Å². The van der Waals surface area contributed by atoms with E-state index >= 15 is 0 Å². The maximum absolute atomic E-state index is 10.5. The summed E-state index contributed by atoms with van der Waals surface area (Å²) < 4.78 is 0. The van der Waals surface area contributed by atoms with Crippen LogP contribution in [0.2, 0.25) is 10.0 Å². The van der Waals surface area contributed by atoms with Crippen molar-refractivity contribution >= 4 is 23.2 Å². The highest BCUT2D eigenvalue weighted by atomic mass is 35.5. The number of halogens is 2. The predicted molar refractivity (Wildman–Crippen MR) is 78.3 cm³/mol. The van der Waals surface area contributed by atoms with Gasteiger partial charge in [-0.1, -0.05) is 50.0 Å². The number of benzene rings is 1. The zero-order valence-corrected chi connectivity index (χ0v) is 12.5. The molecule has 1 aromatic rings. The molecule has 4 heteroatoms. The van der Waals surface area contributed by atoms with Crippen LogP contribution >= 0.6 is 23.2 Å². The fraction of sp³-hybridized carbons (Fsp3) is 0.571. The summed E-state index contributed by atoms with van der Waals surface area (Å²) in [5, 5.41) is 11.6. The summed E-state index contributed by atoms with van der Waals surface area (Å²) in [5.41, 5.74) is 6.56. The van der Waals surface area contributed by atoms with Gasteiger partial charge in [-0.2, -0.15) is 0 Å². The Bertz CT molecular complexity index is 375. The molecule has 18 heavy (non-hydrogen) atoms. The zero-order valence-electron chi connectivity index (χ0n) is 11.0. The minimum Gasteiger partial charge on any atom is -0.392 e. The highest BCUT2D eigenvalue weighted by molar-refractivity contribution is 6.36. The van der Waals surface area contributed by atoms with Crippen molar-refractivity contribution in [3.05, 3.63) is 33.8 Å². The molecule has 3 unspecified atom stereocenters. The van der Waals surface area contributed by atoms with E-state index in [1.54, 1.807) is 18.2 Å². The van der Waals surface area contributed by atoms with Gasteiger partial charge in [0.1, 0.15) is 0 Å². The second-order valence-corrected chi connectivity index (χ2v) is 5.89. The Hall–Kier alpha value is -0.280. The largest absolute Gasteiger partial charge is 0.392 e. The van der Waals surface area contributed by atoms with Gasteiger partial charge in [0, 0.05) is 22.5 Å². The van der Waals surface area contributed by atoms with Gasteiger partial charge in [0.15, 0.2) is 0 Å². The van der Waals surface area contributed by atoms with Crippen LogP contribution in [0.3, 0.4) is 0 Å². The monoisotopic (exact) mass is 289 g/mol. The number of rotatable bonds is 5. The third kappa shape index (κ3) is 3.39. The smallest absolute Gasteiger partial charge is 0.0649 e. The van der Waals surface area contributed by atoms with Crippen LogP contribution in [0.5, 0.6) is 0 Å². The molecule has 0 aromatic heterocycles. The molecule has 0 saturated heterocycles. The topological polar surface area (TPSA) is 46.2 Å². The lowest BCUT2D eigenvalue weighted by atomic mass is 9.81. The van der Waals surface area contributed by atoms with E-state index in [0.717, 1.165) is 5.56 Å². The van der Waals surface area contributed by atoms with E-state index in [0.29, 0.717) is 22.5 Å². The molecule has 102 valence electrons. The van der Waals surface area contributed by atoms with E-state index in [9.17, 15) is 5.11 Å². The average molecular weight is 290 g/mol. The molecule has 0 radical (unpaired) electrons. The van der Waals surface area contributed by atoms with E-state index in [4.69, 9.17) is 28.9 Å². The molecule has 0 saturated carbocycles. The van der Waals surface area contributed by atoms with Crippen LogP contribution in [0.25, 0.3) is 0 Å². The summed E-state index contributed by atoms with van der Waals surface area (Å²) in [4.78, 5) is 0. The van der Waals surface area contributed by atoms with Crippen molar-refractivity contribution in [2.75, 3.05) is 6.54 Å². The first-order chi connectivity index (χ1) is 8.40. The normalized spacial score (nSPS) is 16.7. The lowest BCUT2D eigenvalue weighted by molar-refractivity contribution is 0.0684. The molecule has 0 bridgehead atoms. The standard InChI is InChI=1S/C14H21Cl2NO/c1-8(2)9(3)14(18)10(7-17)13-11(15)5-4-6-12(13)16/h4-6,8-10,14,18H,7,17H2,1-3H3. The van der Waals surface area contributed by atoms with Crippen molar-refractivity contribution in [2.24, 2.45) is 17.6 Å². The van der Waals surface area contributed by atoms with Crippen molar-refractivity contribution in [2.45, 2.75) is 32.8 Å². The van der Waals surface area contributed by atoms with Crippen molar-refractivity contribution in [1.29, 1.82) is 0 Å². The van der Waals surface area contributed by atoms with Gasteiger partial charge in [0.2, 0.25) is 0 Å². The number of aliphatic hydroxyl groups is 1. The number of hydrogen-bond donors (Lipinski definition) is 2. The molecule has 0 fully saturated rings. The Morgan fingerprint density at radius 2 is 1.67 bits per heavy atom. The summed E-state index contributed by atoms with van der Waals surface area (Å²) in [5.74, 6) is 0.268. The van der Waals surface area contributed by atoms with Crippen LogP contribution in [-0.2, 0) is 0 Å². The summed E-state index contributed by atoms with van der Waals surface area (Å²) in [7, 11) is 0. The molecule has 0 heterocycles. The van der Waals surface area contributed by atoms with Gasteiger partial charge in [-0.05, 0) is 29.5 Å². The Morgan fingerprint density at radius 3 is 2.06 bits per heavy atom. The lowest BCUT2D eigenvalue weighted by Gasteiger charge is -2.30. The van der Waals surface area contributed by atoms with E-state index < -0.39 is 6.10 Å². The van der Waals surface area contributed by atoms with Crippen LogP contribution in [0, 0.1) is 11.8 Å². The van der Waals surface area contributed by atoms with Crippen LogP contribution in [0.4, 0.5) is 0 Å². The van der Waals surface area contributed by atoms with Crippen LogP contribution < -0.4 is 5.73 Å². The molecular weight excluding hydrogens is 269 g/mol. The molecule has 0 amide bonds. The van der Waals surface area contributed by atoms with Gasteiger partial charge in [-0.15, -0.1) is 0 Å². The molecule has 3 atom stereocenters. The zero-order chi connectivity index (χ0) is 13.9. The molecule has 1 aromatic carbocycles. The quantitative estimate of drug-likeness (QED) is 0.868. The van der Waals surface area contributed by atoms with Gasteiger partial charge in [-0.25, -0.2) is 0 Å². The summed E-state index contributed by atoms with van der Waals surface area (Å²) in [6, 6.07) is 5.34. The molecule has 0 spiro atoms. The SMILES string of the molecule is CC(C)C(C)C(O)C(CN)c1c(Cl)cccc1Cl. The molecule has 0 aliphatic rings. The van der Waals surface area contributed by atoms with Crippen molar-refractivity contribution < 1.29 is 5.11 Å². The van der Waals surface area contributed by atoms with E-state index in [1.807, 2.05) is 6.92 Å². The number of nitrogens with two attached hydrogens (primary N) is 1. The van der Waals surface area contributed by atoms with Crippen molar-refractivity contribution in [3.63, 3.8) is 0 Å². The molecule has 1 rings (SSSR count). The number of hydrogen-bond acceptors (Lipinski definition) is 2. The van der Waals surface area contributed by atoms with Crippen LogP contribution in [0.15, 0.2) is 18.2 Å². The van der Waals surface area contributed by atoms with Crippen molar-refractivity contribution in [3.8, 4) is 0 Å². The van der Waals surface area contributed by atoms with Gasteiger partial charge >= 0.3 is 0 Å². The summed E-state index contributed by atoms with van der Waals surface area (Å²) >= 11 is 12.4. The highest BCUT2D eigenvalue weighted by Gasteiger charge is 2.29. The minimum atomic E-state index is -0.549. The van der Waals surface area contributed by atoms with E-state index in [2.05, 4.69) is 13.8 Å². The third-order valence-corrected chi connectivity index (χ3v) is 4.29. The Labute approximate surface area is 119 Å². The summed E-state index contributed by atoms with van der Waals surface area (Å²) in [6.45, 7) is 6.50. The first-order valence-electron chi connectivity index (χ1n) is 6.22. The molecule has 2 nitrogen and oxygen atoms in total. The summed E-state index contributed by atoms with van der Waals surface area (Å²) in [6.07, 6.45) is -0.549. The Morgan fingerprint density at radius 1 is 1.17 bits per heavy atom. The van der Waals surface area contributed by atoms with Crippen molar-refractivity contribution in [1.82, 2.24) is 0 Å². The maximum atomic E-state index is 10.5. The average Bonchev–Trinajstić information content (AvgIpc) is 2.32. The number of aliphatic hydroxyl groups excluding tert-OH is 1.